The summed E-state index contributed by atoms with van der Waals surface area (Å²) in [6, 6.07) is 12.7. The van der Waals surface area contributed by atoms with Crippen LogP contribution in [0.25, 0.3) is 0 Å². The maximum atomic E-state index is 12.0. The van der Waals surface area contributed by atoms with Crippen LogP contribution in [0.4, 0.5) is 0 Å². The summed E-state index contributed by atoms with van der Waals surface area (Å²) >= 11 is 5.84. The SMILES string of the molecule is CC(C)Oc1ccc(/C=N\NC(=O)Cc2ccc(Cl)cc2)c(OC(C)C)c1. The zero-order valence-electron chi connectivity index (χ0n) is 16.0. The van der Waals surface area contributed by atoms with E-state index in [-0.39, 0.29) is 24.5 Å². The summed E-state index contributed by atoms with van der Waals surface area (Å²) in [6.07, 6.45) is 1.87. The van der Waals surface area contributed by atoms with Crippen molar-refractivity contribution >= 4 is 23.7 Å². The minimum absolute atomic E-state index is 0.00551. The van der Waals surface area contributed by atoms with E-state index in [1.807, 2.05) is 58.0 Å². The summed E-state index contributed by atoms with van der Waals surface area (Å²) in [6.45, 7) is 7.83. The van der Waals surface area contributed by atoms with Crippen LogP contribution in [0, 0.1) is 0 Å². The number of carbonyl (C=O) groups excluding carboxylic acids is 1. The second-order valence-electron chi connectivity index (χ2n) is 6.63. The Labute approximate surface area is 165 Å². The summed E-state index contributed by atoms with van der Waals surface area (Å²) in [4.78, 5) is 12.0. The summed E-state index contributed by atoms with van der Waals surface area (Å²) < 4.78 is 11.5. The van der Waals surface area contributed by atoms with Gasteiger partial charge in [0, 0.05) is 16.7 Å². The second-order valence-corrected chi connectivity index (χ2v) is 7.07. The molecule has 0 radical (unpaired) electrons. The molecule has 0 unspecified atom stereocenters. The van der Waals surface area contributed by atoms with Gasteiger partial charge in [-0.05, 0) is 57.5 Å². The molecule has 0 aliphatic carbocycles. The first-order valence-electron chi connectivity index (χ1n) is 8.87. The molecule has 2 aromatic carbocycles. The molecule has 0 aliphatic heterocycles. The molecular weight excluding hydrogens is 364 g/mol. The van der Waals surface area contributed by atoms with Crippen LogP contribution in [0.3, 0.4) is 0 Å². The Morgan fingerprint density at radius 3 is 2.37 bits per heavy atom. The average Bonchev–Trinajstić information content (AvgIpc) is 2.58. The maximum Gasteiger partial charge on any atom is 0.244 e. The van der Waals surface area contributed by atoms with Crippen LogP contribution in [-0.2, 0) is 11.2 Å². The minimum Gasteiger partial charge on any atom is -0.491 e. The molecular formula is C21H25ClN2O3. The smallest absolute Gasteiger partial charge is 0.244 e. The lowest BCUT2D eigenvalue weighted by molar-refractivity contribution is -0.120. The van der Waals surface area contributed by atoms with Gasteiger partial charge in [-0.25, -0.2) is 5.43 Å². The Hall–Kier alpha value is -2.53. The van der Waals surface area contributed by atoms with Crippen LogP contribution in [0.5, 0.6) is 11.5 Å². The number of amides is 1. The fraction of sp³-hybridized carbons (Fsp3) is 0.333. The first kappa shape index (κ1) is 20.8. The van der Waals surface area contributed by atoms with Crippen LogP contribution in [-0.4, -0.2) is 24.3 Å². The molecule has 0 aromatic heterocycles. The molecule has 0 spiro atoms. The van der Waals surface area contributed by atoms with Crippen LogP contribution in [0.2, 0.25) is 5.02 Å². The third-order valence-corrected chi connectivity index (χ3v) is 3.64. The summed E-state index contributed by atoms with van der Waals surface area (Å²) in [5.74, 6) is 1.17. The number of ether oxygens (including phenoxy) is 2. The van der Waals surface area contributed by atoms with E-state index in [0.29, 0.717) is 10.8 Å². The minimum atomic E-state index is -0.209. The van der Waals surface area contributed by atoms with E-state index in [1.54, 1.807) is 18.3 Å². The van der Waals surface area contributed by atoms with Gasteiger partial charge in [0.15, 0.2) is 0 Å². The molecule has 27 heavy (non-hydrogen) atoms. The molecule has 0 atom stereocenters. The van der Waals surface area contributed by atoms with E-state index in [1.165, 1.54) is 0 Å². The molecule has 0 heterocycles. The fourth-order valence-corrected chi connectivity index (χ4v) is 2.45. The highest BCUT2D eigenvalue weighted by Crippen LogP contribution is 2.25. The summed E-state index contributed by atoms with van der Waals surface area (Å²) in [7, 11) is 0. The number of hydrogen-bond acceptors (Lipinski definition) is 4. The fourth-order valence-electron chi connectivity index (χ4n) is 2.32. The van der Waals surface area contributed by atoms with Crippen LogP contribution < -0.4 is 14.9 Å². The van der Waals surface area contributed by atoms with E-state index in [0.717, 1.165) is 16.9 Å². The van der Waals surface area contributed by atoms with Crippen LogP contribution >= 0.6 is 11.6 Å². The van der Waals surface area contributed by atoms with Crippen molar-refractivity contribution in [3.63, 3.8) is 0 Å². The summed E-state index contributed by atoms with van der Waals surface area (Å²) in [5, 5.41) is 4.68. The molecule has 6 heteroatoms. The lowest BCUT2D eigenvalue weighted by Crippen LogP contribution is -2.19. The second kappa shape index (κ2) is 9.97. The zero-order chi connectivity index (χ0) is 19.8. The van der Waals surface area contributed by atoms with Crippen molar-refractivity contribution in [1.82, 2.24) is 5.43 Å². The molecule has 5 nitrogen and oxygen atoms in total. The third kappa shape index (κ3) is 7.31. The lowest BCUT2D eigenvalue weighted by Gasteiger charge is -2.15. The van der Waals surface area contributed by atoms with Crippen molar-refractivity contribution in [3.05, 3.63) is 58.6 Å². The molecule has 0 saturated heterocycles. The molecule has 0 aliphatic rings. The monoisotopic (exact) mass is 388 g/mol. The van der Waals surface area contributed by atoms with E-state index in [9.17, 15) is 4.79 Å². The molecule has 2 aromatic rings. The first-order valence-corrected chi connectivity index (χ1v) is 9.25. The Morgan fingerprint density at radius 1 is 1.07 bits per heavy atom. The number of nitrogens with zero attached hydrogens (tertiary/aromatic N) is 1. The van der Waals surface area contributed by atoms with Gasteiger partial charge < -0.3 is 9.47 Å². The number of benzene rings is 2. The molecule has 0 bridgehead atoms. The van der Waals surface area contributed by atoms with Crippen molar-refractivity contribution in [2.24, 2.45) is 5.10 Å². The van der Waals surface area contributed by atoms with Gasteiger partial charge in [-0.1, -0.05) is 23.7 Å². The van der Waals surface area contributed by atoms with E-state index in [2.05, 4.69) is 10.5 Å². The van der Waals surface area contributed by atoms with Crippen molar-refractivity contribution in [3.8, 4) is 11.5 Å². The molecule has 2 rings (SSSR count). The van der Waals surface area contributed by atoms with Crippen LogP contribution in [0.1, 0.15) is 38.8 Å². The number of hydrogen-bond donors (Lipinski definition) is 1. The number of rotatable bonds is 8. The summed E-state index contributed by atoms with van der Waals surface area (Å²) in [5.41, 5.74) is 4.16. The van der Waals surface area contributed by atoms with Crippen molar-refractivity contribution in [2.45, 2.75) is 46.3 Å². The van der Waals surface area contributed by atoms with Crippen molar-refractivity contribution in [2.75, 3.05) is 0 Å². The predicted molar refractivity (Wildman–Crippen MR) is 109 cm³/mol. The van der Waals surface area contributed by atoms with Gasteiger partial charge in [0.2, 0.25) is 5.91 Å². The van der Waals surface area contributed by atoms with Gasteiger partial charge in [0.05, 0.1) is 24.8 Å². The molecule has 0 saturated carbocycles. The normalized spacial score (nSPS) is 11.2. The van der Waals surface area contributed by atoms with Gasteiger partial charge in [0.25, 0.3) is 0 Å². The standard InChI is InChI=1S/C21H25ClN2O3/c1-14(2)26-19-10-7-17(20(12-19)27-15(3)4)13-23-24-21(25)11-16-5-8-18(22)9-6-16/h5-10,12-15H,11H2,1-4H3,(H,24,25)/b23-13-. The van der Waals surface area contributed by atoms with E-state index in [4.69, 9.17) is 21.1 Å². The van der Waals surface area contributed by atoms with Gasteiger partial charge in [-0.15, -0.1) is 0 Å². The highest BCUT2D eigenvalue weighted by Gasteiger charge is 2.08. The highest BCUT2D eigenvalue weighted by molar-refractivity contribution is 6.30. The van der Waals surface area contributed by atoms with Crippen molar-refractivity contribution < 1.29 is 14.3 Å². The molecule has 1 amide bonds. The number of carbonyl (C=O) groups is 1. The number of nitrogens with one attached hydrogen (secondary N) is 1. The van der Waals surface area contributed by atoms with Gasteiger partial charge in [-0.2, -0.15) is 5.10 Å². The van der Waals surface area contributed by atoms with E-state index >= 15 is 0 Å². The molecule has 1 N–H and O–H groups in total. The first-order chi connectivity index (χ1) is 12.8. The van der Waals surface area contributed by atoms with Gasteiger partial charge >= 0.3 is 0 Å². The predicted octanol–water partition coefficient (Wildman–Crippen LogP) is 4.61. The Morgan fingerprint density at radius 2 is 1.74 bits per heavy atom. The number of hydrazone groups is 1. The largest absolute Gasteiger partial charge is 0.491 e. The topological polar surface area (TPSA) is 59.9 Å². The third-order valence-electron chi connectivity index (χ3n) is 3.39. The van der Waals surface area contributed by atoms with Crippen LogP contribution in [0.15, 0.2) is 47.6 Å². The van der Waals surface area contributed by atoms with Gasteiger partial charge in [0.1, 0.15) is 11.5 Å². The Balaban J connectivity index is 2.03. The maximum absolute atomic E-state index is 12.0. The van der Waals surface area contributed by atoms with Gasteiger partial charge in [-0.3, -0.25) is 4.79 Å². The number of halogens is 1. The molecule has 0 fully saturated rings. The zero-order valence-corrected chi connectivity index (χ0v) is 16.8. The van der Waals surface area contributed by atoms with E-state index < -0.39 is 0 Å². The average molecular weight is 389 g/mol. The Kier molecular flexibility index (Phi) is 7.67. The highest BCUT2D eigenvalue weighted by atomic mass is 35.5. The quantitative estimate of drug-likeness (QED) is 0.530. The Bertz CT molecular complexity index is 787. The molecule has 144 valence electrons. The lowest BCUT2D eigenvalue weighted by atomic mass is 10.1. The van der Waals surface area contributed by atoms with Crippen molar-refractivity contribution in [1.29, 1.82) is 0 Å².